The lowest BCUT2D eigenvalue weighted by Crippen LogP contribution is -1.95. The van der Waals surface area contributed by atoms with E-state index in [-0.39, 0.29) is 0 Å². The molecule has 43 heavy (non-hydrogen) atoms. The Morgan fingerprint density at radius 3 is 0.953 bits per heavy atom. The zero-order valence-electron chi connectivity index (χ0n) is 23.5. The van der Waals surface area contributed by atoms with Crippen LogP contribution in [-0.4, -0.2) is 0 Å². The largest absolute Gasteiger partial charge is 0.0622 e. The van der Waals surface area contributed by atoms with Crippen LogP contribution in [0.2, 0.25) is 0 Å². The Morgan fingerprint density at radius 1 is 0.256 bits per heavy atom. The summed E-state index contributed by atoms with van der Waals surface area (Å²) in [5, 5.41) is 0. The zero-order valence-corrected chi connectivity index (χ0v) is 25.1. The van der Waals surface area contributed by atoms with E-state index in [0.717, 1.165) is 4.48 Å². The number of rotatable bonds is 5. The molecule has 0 heterocycles. The number of hydrogen-bond donors (Lipinski definition) is 0. The van der Waals surface area contributed by atoms with Crippen LogP contribution in [0.1, 0.15) is 27.8 Å². The quantitative estimate of drug-likeness (QED) is 0.182. The summed E-state index contributed by atoms with van der Waals surface area (Å²) in [7, 11) is 0. The average molecular weight is 612 g/mol. The molecular formula is C42H27Br. The van der Waals surface area contributed by atoms with Gasteiger partial charge in [-0.1, -0.05) is 152 Å². The number of hydrogen-bond acceptors (Lipinski definition) is 0. The number of fused-ring (bicyclic) bond motifs is 3. The van der Waals surface area contributed by atoms with Gasteiger partial charge in [-0.2, -0.15) is 0 Å². The van der Waals surface area contributed by atoms with Crippen LogP contribution in [-0.2, 0) is 0 Å². The first kappa shape index (κ1) is 25.7. The maximum absolute atomic E-state index is 4.18. The second-order valence-electron chi connectivity index (χ2n) is 11.0. The van der Waals surface area contributed by atoms with Crippen LogP contribution < -0.4 is 0 Å². The highest BCUT2D eigenvalue weighted by Gasteiger charge is 2.39. The van der Waals surface area contributed by atoms with Gasteiger partial charge in [-0.3, -0.25) is 0 Å². The normalized spacial score (nSPS) is 13.9. The predicted molar refractivity (Wildman–Crippen MR) is 186 cm³/mol. The Kier molecular flexibility index (Phi) is 6.39. The Labute approximate surface area is 261 Å². The van der Waals surface area contributed by atoms with E-state index in [4.69, 9.17) is 0 Å². The number of allylic oxidation sites excluding steroid dienone is 5. The first-order valence-electron chi connectivity index (χ1n) is 14.6. The molecule has 0 unspecified atom stereocenters. The standard InChI is InChI=1S/C42H27Br/c43-42-36-27-34(29-18-8-2-9-19-29)33(28-16-6-1-7-17-28)26-35(36)40-38(31-22-12-4-13-23-31)37(30-20-10-3-11-21-30)39(41(40)42)32-24-14-5-15-25-32/h1-27H. The molecular weight excluding hydrogens is 584 g/mol. The van der Waals surface area contributed by atoms with Crippen molar-refractivity contribution in [2.45, 2.75) is 0 Å². The van der Waals surface area contributed by atoms with Crippen molar-refractivity contribution in [3.8, 4) is 22.3 Å². The zero-order chi connectivity index (χ0) is 28.8. The smallest absolute Gasteiger partial charge is 0.0339 e. The molecule has 6 aromatic rings. The molecule has 0 bridgehead atoms. The molecule has 8 rings (SSSR count). The van der Waals surface area contributed by atoms with Gasteiger partial charge in [-0.05, 0) is 100 Å². The maximum atomic E-state index is 4.18. The second-order valence-corrected chi connectivity index (χ2v) is 11.8. The molecule has 0 nitrogen and oxygen atoms in total. The van der Waals surface area contributed by atoms with E-state index in [0.29, 0.717) is 0 Å². The van der Waals surface area contributed by atoms with Crippen molar-refractivity contribution in [2.24, 2.45) is 0 Å². The summed E-state index contributed by atoms with van der Waals surface area (Å²) >= 11 is 4.18. The molecule has 0 spiro atoms. The van der Waals surface area contributed by atoms with Crippen molar-refractivity contribution in [3.05, 3.63) is 197 Å². The van der Waals surface area contributed by atoms with Crippen LogP contribution in [0, 0.1) is 0 Å². The third kappa shape index (κ3) is 4.28. The summed E-state index contributed by atoms with van der Waals surface area (Å²) in [5.41, 5.74) is 17.5. The molecule has 0 saturated heterocycles. The van der Waals surface area contributed by atoms with Crippen molar-refractivity contribution < 1.29 is 0 Å². The second kappa shape index (κ2) is 10.7. The number of halogens is 1. The van der Waals surface area contributed by atoms with Crippen molar-refractivity contribution in [1.82, 2.24) is 0 Å². The van der Waals surface area contributed by atoms with Crippen LogP contribution >= 0.6 is 15.9 Å². The topological polar surface area (TPSA) is 0 Å². The van der Waals surface area contributed by atoms with Gasteiger partial charge < -0.3 is 0 Å². The van der Waals surface area contributed by atoms with E-state index in [1.165, 1.54) is 77.9 Å². The van der Waals surface area contributed by atoms with Crippen molar-refractivity contribution in [3.63, 3.8) is 0 Å². The molecule has 0 amide bonds. The van der Waals surface area contributed by atoms with Gasteiger partial charge in [-0.25, -0.2) is 0 Å². The Morgan fingerprint density at radius 2 is 0.558 bits per heavy atom. The van der Waals surface area contributed by atoms with Crippen LogP contribution in [0.5, 0.6) is 0 Å². The lowest BCUT2D eigenvalue weighted by atomic mass is 9.86. The van der Waals surface area contributed by atoms with Crippen molar-refractivity contribution in [2.75, 3.05) is 0 Å². The van der Waals surface area contributed by atoms with E-state index in [2.05, 4.69) is 180 Å². The van der Waals surface area contributed by atoms with Gasteiger partial charge in [0.15, 0.2) is 0 Å². The van der Waals surface area contributed by atoms with E-state index < -0.39 is 0 Å². The van der Waals surface area contributed by atoms with E-state index >= 15 is 0 Å². The fourth-order valence-electron chi connectivity index (χ4n) is 6.63. The molecule has 2 aliphatic rings. The highest BCUT2D eigenvalue weighted by Crippen LogP contribution is 2.62. The highest BCUT2D eigenvalue weighted by atomic mass is 79.9. The van der Waals surface area contributed by atoms with Gasteiger partial charge in [-0.15, -0.1) is 0 Å². The highest BCUT2D eigenvalue weighted by molar-refractivity contribution is 9.15. The third-order valence-electron chi connectivity index (χ3n) is 8.49. The van der Waals surface area contributed by atoms with Gasteiger partial charge in [0, 0.05) is 10.1 Å². The molecule has 0 fully saturated rings. The first-order chi connectivity index (χ1) is 21.3. The summed E-state index contributed by atoms with van der Waals surface area (Å²) in [5.74, 6) is 0. The summed E-state index contributed by atoms with van der Waals surface area (Å²) < 4.78 is 1.15. The van der Waals surface area contributed by atoms with E-state index in [9.17, 15) is 0 Å². The molecule has 0 radical (unpaired) electrons. The van der Waals surface area contributed by atoms with Crippen LogP contribution in [0.15, 0.2) is 169 Å². The fourth-order valence-corrected chi connectivity index (χ4v) is 7.35. The fraction of sp³-hybridized carbons (Fsp3) is 0. The molecule has 1 heteroatoms. The van der Waals surface area contributed by atoms with Gasteiger partial charge in [0.2, 0.25) is 0 Å². The molecule has 6 aromatic carbocycles. The lowest BCUT2D eigenvalue weighted by molar-refractivity contribution is 1.54. The lowest BCUT2D eigenvalue weighted by Gasteiger charge is -2.17. The van der Waals surface area contributed by atoms with Crippen LogP contribution in [0.3, 0.4) is 0 Å². The van der Waals surface area contributed by atoms with Crippen molar-refractivity contribution in [1.29, 1.82) is 0 Å². The molecule has 2 aliphatic carbocycles. The average Bonchev–Trinajstić information content (AvgIpc) is 3.58. The minimum Gasteiger partial charge on any atom is -0.0622 e. The van der Waals surface area contributed by atoms with E-state index in [1.54, 1.807) is 0 Å². The SMILES string of the molecule is BrC1=C2C(c3ccccc3)=C(c3ccccc3)C(c3ccccc3)=C2c2cc(-c3ccccc3)c(-c3ccccc3)cc21. The molecule has 0 saturated carbocycles. The Balaban J connectivity index is 1.50. The summed E-state index contributed by atoms with van der Waals surface area (Å²) in [6.45, 7) is 0. The van der Waals surface area contributed by atoms with Gasteiger partial charge in [0.25, 0.3) is 0 Å². The molecule has 0 N–H and O–H groups in total. The Bertz CT molecular complexity index is 2070. The maximum Gasteiger partial charge on any atom is 0.0339 e. The monoisotopic (exact) mass is 610 g/mol. The minimum absolute atomic E-state index is 1.15. The summed E-state index contributed by atoms with van der Waals surface area (Å²) in [4.78, 5) is 0. The van der Waals surface area contributed by atoms with Gasteiger partial charge in [0.1, 0.15) is 0 Å². The van der Waals surface area contributed by atoms with Crippen LogP contribution in [0.4, 0.5) is 0 Å². The van der Waals surface area contributed by atoms with E-state index in [1.807, 2.05) is 0 Å². The Hall–Kier alpha value is -4.98. The summed E-state index contributed by atoms with van der Waals surface area (Å²) in [6.07, 6.45) is 0. The van der Waals surface area contributed by atoms with Crippen molar-refractivity contribution >= 4 is 42.7 Å². The minimum atomic E-state index is 1.15. The molecule has 0 aromatic heterocycles. The van der Waals surface area contributed by atoms with Crippen LogP contribution in [0.25, 0.3) is 49.0 Å². The molecule has 0 aliphatic heterocycles. The number of benzene rings is 6. The first-order valence-corrected chi connectivity index (χ1v) is 15.4. The summed E-state index contributed by atoms with van der Waals surface area (Å²) in [6, 6.07) is 59.0. The van der Waals surface area contributed by atoms with Gasteiger partial charge in [0.05, 0.1) is 0 Å². The molecule has 0 atom stereocenters. The predicted octanol–water partition coefficient (Wildman–Crippen LogP) is 11.7. The molecule has 202 valence electrons. The van der Waals surface area contributed by atoms with Gasteiger partial charge >= 0.3 is 0 Å². The third-order valence-corrected chi connectivity index (χ3v) is 9.31.